The second kappa shape index (κ2) is 9.42. The molecule has 0 radical (unpaired) electrons. The van der Waals surface area contributed by atoms with Crippen LogP contribution in [0.25, 0.3) is 0 Å². The Morgan fingerprint density at radius 2 is 1.82 bits per heavy atom. The van der Waals surface area contributed by atoms with E-state index < -0.39 is 0 Å². The van der Waals surface area contributed by atoms with E-state index in [0.29, 0.717) is 34.1 Å². The number of hydrogen-bond donors (Lipinski definition) is 1. The topological polar surface area (TPSA) is 30.5 Å². The Balaban J connectivity index is 1.49. The zero-order valence-corrected chi connectivity index (χ0v) is 21.6. The van der Waals surface area contributed by atoms with Crippen LogP contribution in [0.1, 0.15) is 35.1 Å². The molecular weight excluding hydrogens is 545 g/mol. The summed E-state index contributed by atoms with van der Waals surface area (Å²) in [5.41, 5.74) is 3.97. The molecule has 0 spiro atoms. The van der Waals surface area contributed by atoms with E-state index in [1.54, 1.807) is 7.11 Å². The summed E-state index contributed by atoms with van der Waals surface area (Å²) in [7, 11) is 1.65. The van der Waals surface area contributed by atoms with Gasteiger partial charge in [-0.3, -0.25) is 0 Å². The first kappa shape index (κ1) is 22.9. The molecule has 1 N–H and O–H groups in total. The minimum Gasteiger partial charge on any atom is -0.493 e. The largest absolute Gasteiger partial charge is 0.493 e. The predicted octanol–water partition coefficient (Wildman–Crippen LogP) is 8.82. The van der Waals surface area contributed by atoms with E-state index in [4.69, 9.17) is 44.3 Å². The van der Waals surface area contributed by atoms with Crippen molar-refractivity contribution in [2.24, 2.45) is 5.92 Å². The molecule has 3 aromatic carbocycles. The molecule has 0 fully saturated rings. The van der Waals surface area contributed by atoms with Gasteiger partial charge in [-0.1, -0.05) is 65.2 Å². The van der Waals surface area contributed by atoms with E-state index in [-0.39, 0.29) is 12.0 Å². The molecule has 1 aliphatic carbocycles. The molecule has 3 aromatic rings. The highest BCUT2D eigenvalue weighted by Crippen LogP contribution is 2.54. The Labute approximate surface area is 216 Å². The smallest absolute Gasteiger partial charge is 0.175 e. The lowest BCUT2D eigenvalue weighted by atomic mass is 9.77. The third kappa shape index (κ3) is 4.23. The van der Waals surface area contributed by atoms with Gasteiger partial charge in [-0.15, -0.1) is 0 Å². The molecule has 33 heavy (non-hydrogen) atoms. The summed E-state index contributed by atoms with van der Waals surface area (Å²) in [6, 6.07) is 15.5. The number of ether oxygens (including phenoxy) is 2. The summed E-state index contributed by atoms with van der Waals surface area (Å²) in [4.78, 5) is 0. The Morgan fingerprint density at radius 3 is 2.61 bits per heavy atom. The van der Waals surface area contributed by atoms with Crippen molar-refractivity contribution in [2.75, 3.05) is 12.4 Å². The summed E-state index contributed by atoms with van der Waals surface area (Å²) >= 11 is 23.1. The zero-order chi connectivity index (χ0) is 23.1. The second-order valence-corrected chi connectivity index (χ2v) is 10.3. The van der Waals surface area contributed by atoms with Crippen LogP contribution in [0, 0.1) is 5.92 Å². The number of hydrogen-bond acceptors (Lipinski definition) is 3. The van der Waals surface area contributed by atoms with Crippen molar-refractivity contribution in [3.05, 3.63) is 96.9 Å². The van der Waals surface area contributed by atoms with Gasteiger partial charge in [0.25, 0.3) is 0 Å². The Hall–Kier alpha value is -1.85. The van der Waals surface area contributed by atoms with Crippen molar-refractivity contribution in [1.29, 1.82) is 0 Å². The van der Waals surface area contributed by atoms with Crippen LogP contribution in [0.3, 0.4) is 0 Å². The minimum atomic E-state index is 0.0382. The molecule has 170 valence electrons. The maximum absolute atomic E-state index is 6.58. The van der Waals surface area contributed by atoms with Crippen molar-refractivity contribution >= 4 is 56.4 Å². The van der Waals surface area contributed by atoms with Gasteiger partial charge in [0, 0.05) is 27.1 Å². The molecule has 0 bridgehead atoms. The van der Waals surface area contributed by atoms with Crippen LogP contribution in [0.5, 0.6) is 11.5 Å². The lowest BCUT2D eigenvalue weighted by Crippen LogP contribution is -2.29. The monoisotopic (exact) mass is 563 g/mol. The average Bonchev–Trinajstić information content (AvgIpc) is 3.30. The molecule has 0 aromatic heterocycles. The first-order valence-electron chi connectivity index (χ1n) is 10.6. The van der Waals surface area contributed by atoms with Crippen LogP contribution < -0.4 is 14.8 Å². The molecule has 3 nitrogen and oxygen atoms in total. The van der Waals surface area contributed by atoms with E-state index >= 15 is 0 Å². The molecule has 0 saturated heterocycles. The molecule has 0 amide bonds. The van der Waals surface area contributed by atoms with Gasteiger partial charge in [-0.25, -0.2) is 0 Å². The van der Waals surface area contributed by atoms with Crippen molar-refractivity contribution < 1.29 is 9.47 Å². The Kier molecular flexibility index (Phi) is 6.54. The molecule has 1 heterocycles. The van der Waals surface area contributed by atoms with E-state index in [0.717, 1.165) is 38.3 Å². The number of allylic oxidation sites excluding steroid dienone is 2. The van der Waals surface area contributed by atoms with E-state index in [2.05, 4.69) is 39.5 Å². The summed E-state index contributed by atoms with van der Waals surface area (Å²) < 4.78 is 12.7. The van der Waals surface area contributed by atoms with Gasteiger partial charge in [0.05, 0.1) is 28.3 Å². The van der Waals surface area contributed by atoms with Crippen LogP contribution in [0.15, 0.2) is 65.2 Å². The number of halogens is 4. The summed E-state index contributed by atoms with van der Waals surface area (Å²) in [5.74, 6) is 1.82. The molecule has 5 rings (SSSR count). The quantitative estimate of drug-likeness (QED) is 0.314. The summed E-state index contributed by atoms with van der Waals surface area (Å²) in [6.45, 7) is 0.339. The fourth-order valence-electron chi connectivity index (χ4n) is 4.78. The Morgan fingerprint density at radius 1 is 1.03 bits per heavy atom. The van der Waals surface area contributed by atoms with Gasteiger partial charge < -0.3 is 14.8 Å². The van der Waals surface area contributed by atoms with Crippen LogP contribution in [-0.2, 0) is 6.61 Å². The van der Waals surface area contributed by atoms with Crippen molar-refractivity contribution in [3.8, 4) is 11.5 Å². The van der Waals surface area contributed by atoms with E-state index in [1.165, 1.54) is 0 Å². The van der Waals surface area contributed by atoms with Crippen molar-refractivity contribution in [1.82, 2.24) is 0 Å². The highest BCUT2D eigenvalue weighted by molar-refractivity contribution is 9.10. The Bertz CT molecular complexity index is 1250. The highest BCUT2D eigenvalue weighted by Gasteiger charge is 2.40. The van der Waals surface area contributed by atoms with Gasteiger partial charge in [-0.05, 0) is 64.2 Å². The zero-order valence-electron chi connectivity index (χ0n) is 17.7. The molecule has 1 aliphatic heterocycles. The van der Waals surface area contributed by atoms with Gasteiger partial charge >= 0.3 is 0 Å². The molecule has 3 atom stereocenters. The second-order valence-electron chi connectivity index (χ2n) is 8.21. The number of nitrogens with one attached hydrogen (secondary N) is 1. The highest BCUT2D eigenvalue weighted by atomic mass is 79.9. The van der Waals surface area contributed by atoms with Gasteiger partial charge in [-0.2, -0.15) is 0 Å². The number of methoxy groups -OCH3 is 1. The van der Waals surface area contributed by atoms with Crippen LogP contribution in [0.2, 0.25) is 15.1 Å². The predicted molar refractivity (Wildman–Crippen MR) is 139 cm³/mol. The number of anilines is 1. The van der Waals surface area contributed by atoms with Crippen molar-refractivity contribution in [3.63, 3.8) is 0 Å². The van der Waals surface area contributed by atoms with Crippen molar-refractivity contribution in [2.45, 2.75) is 25.0 Å². The standard InChI is InChI=1S/C26H21BrCl3NO2/c1-32-22-12-15(11-18(27)26(22)33-13-14-5-2-3-8-19(14)28)24-17-7-4-6-16(17)23-20(29)9-10-21(30)25(23)31-24/h2-6,8-12,16-17,24,31H,7,13H2,1H3/t16-,17+,24+/m1/s1. The number of benzene rings is 3. The third-order valence-corrected chi connectivity index (χ3v) is 7.96. The minimum absolute atomic E-state index is 0.0382. The molecular formula is C26H21BrCl3NO2. The first-order valence-corrected chi connectivity index (χ1v) is 12.6. The first-order chi connectivity index (χ1) is 16.0. The lowest BCUT2D eigenvalue weighted by Gasteiger charge is -2.38. The maximum atomic E-state index is 6.58. The van der Waals surface area contributed by atoms with E-state index in [9.17, 15) is 0 Å². The van der Waals surface area contributed by atoms with Gasteiger partial charge in [0.15, 0.2) is 11.5 Å². The fraction of sp³-hybridized carbons (Fsp3) is 0.231. The molecule has 0 unspecified atom stereocenters. The molecule has 0 saturated carbocycles. The third-order valence-electron chi connectivity index (χ3n) is 6.36. The number of rotatable bonds is 5. The maximum Gasteiger partial charge on any atom is 0.175 e. The summed E-state index contributed by atoms with van der Waals surface area (Å²) in [5, 5.41) is 5.75. The lowest BCUT2D eigenvalue weighted by molar-refractivity contribution is 0.282. The van der Waals surface area contributed by atoms with E-state index in [1.807, 2.05) is 42.5 Å². The SMILES string of the molecule is COc1cc([C@@H]2Nc3c(Cl)ccc(Cl)c3[C@@H]3C=CC[C@@H]32)cc(Br)c1OCc1ccccc1Cl. The molecule has 7 heteroatoms. The van der Waals surface area contributed by atoms with Crippen LogP contribution in [-0.4, -0.2) is 7.11 Å². The van der Waals surface area contributed by atoms with Gasteiger partial charge in [0.1, 0.15) is 6.61 Å². The van der Waals surface area contributed by atoms with Crippen LogP contribution >= 0.6 is 50.7 Å². The molecule has 2 aliphatic rings. The van der Waals surface area contributed by atoms with Gasteiger partial charge in [0.2, 0.25) is 0 Å². The average molecular weight is 566 g/mol. The fourth-order valence-corrected chi connectivity index (χ4v) is 6.05. The van der Waals surface area contributed by atoms with Crippen LogP contribution in [0.4, 0.5) is 5.69 Å². The summed E-state index contributed by atoms with van der Waals surface area (Å²) in [6.07, 6.45) is 5.42. The number of fused-ring (bicyclic) bond motifs is 3. The normalized spacial score (nSPS) is 20.7.